The summed E-state index contributed by atoms with van der Waals surface area (Å²) in [5.41, 5.74) is 1.18. The van der Waals surface area contributed by atoms with Crippen LogP contribution in [0.5, 0.6) is 0 Å². The van der Waals surface area contributed by atoms with Crippen molar-refractivity contribution in [2.24, 2.45) is 5.92 Å². The van der Waals surface area contributed by atoms with E-state index in [1.54, 1.807) is 18.4 Å². The van der Waals surface area contributed by atoms with Crippen molar-refractivity contribution >= 4 is 11.3 Å². The Bertz CT molecular complexity index is 527. The van der Waals surface area contributed by atoms with Gasteiger partial charge in [-0.3, -0.25) is 4.90 Å². The van der Waals surface area contributed by atoms with Crippen LogP contribution < -0.4 is 0 Å². The first-order chi connectivity index (χ1) is 9.85. The number of nitrogens with zero attached hydrogens (tertiary/aromatic N) is 3. The van der Waals surface area contributed by atoms with Gasteiger partial charge in [-0.25, -0.2) is 9.97 Å². The van der Waals surface area contributed by atoms with Gasteiger partial charge in [-0.05, 0) is 30.3 Å². The van der Waals surface area contributed by atoms with Crippen LogP contribution in [0.1, 0.15) is 12.0 Å². The summed E-state index contributed by atoms with van der Waals surface area (Å²) in [5.74, 6) is 1.49. The molecule has 1 aliphatic rings. The molecule has 1 atom stereocenters. The molecule has 0 N–H and O–H groups in total. The topological polar surface area (TPSA) is 38.2 Å². The van der Waals surface area contributed by atoms with E-state index >= 15 is 0 Å². The van der Waals surface area contributed by atoms with Gasteiger partial charge in [0.1, 0.15) is 0 Å². The fourth-order valence-corrected chi connectivity index (χ4v) is 3.33. The van der Waals surface area contributed by atoms with Gasteiger partial charge in [-0.15, -0.1) is 11.3 Å². The Morgan fingerprint density at radius 2 is 2.25 bits per heavy atom. The largest absolute Gasteiger partial charge is 0.384 e. The molecule has 0 amide bonds. The Kier molecular flexibility index (Phi) is 4.40. The standard InChI is InChI=1S/C15H19N3OS/c1-19-11-12-4-5-18(9-12)10-13-7-16-15(17-8-13)14-3-2-6-20-14/h2-3,6-8,12H,4-5,9-11H2,1H3/t12-/m0/s1. The Labute approximate surface area is 123 Å². The van der Waals surface area contributed by atoms with E-state index in [1.807, 2.05) is 23.8 Å². The number of thiophene rings is 1. The molecule has 3 rings (SSSR count). The van der Waals surface area contributed by atoms with Gasteiger partial charge in [0.25, 0.3) is 0 Å². The van der Waals surface area contributed by atoms with Gasteiger partial charge in [0.2, 0.25) is 0 Å². The number of rotatable bonds is 5. The number of hydrogen-bond acceptors (Lipinski definition) is 5. The molecule has 0 spiro atoms. The third-order valence-electron chi connectivity index (χ3n) is 3.63. The molecule has 0 saturated carbocycles. The van der Waals surface area contributed by atoms with E-state index < -0.39 is 0 Å². The Morgan fingerprint density at radius 1 is 1.40 bits per heavy atom. The minimum absolute atomic E-state index is 0.673. The molecule has 20 heavy (non-hydrogen) atoms. The first-order valence-corrected chi connectivity index (χ1v) is 7.79. The van der Waals surface area contributed by atoms with Crippen LogP contribution >= 0.6 is 11.3 Å². The molecule has 3 heterocycles. The predicted molar refractivity (Wildman–Crippen MR) is 80.6 cm³/mol. The molecule has 0 radical (unpaired) electrons. The molecule has 0 unspecified atom stereocenters. The second-order valence-corrected chi connectivity index (χ2v) is 6.19. The van der Waals surface area contributed by atoms with Crippen molar-refractivity contribution in [3.63, 3.8) is 0 Å². The van der Waals surface area contributed by atoms with Crippen molar-refractivity contribution < 1.29 is 4.74 Å². The maximum atomic E-state index is 5.23. The van der Waals surface area contributed by atoms with E-state index in [2.05, 4.69) is 20.9 Å². The Hall–Kier alpha value is -1.30. The fraction of sp³-hybridized carbons (Fsp3) is 0.467. The van der Waals surface area contributed by atoms with Crippen LogP contribution in [0.2, 0.25) is 0 Å². The minimum atomic E-state index is 0.673. The monoisotopic (exact) mass is 289 g/mol. The zero-order chi connectivity index (χ0) is 13.8. The normalized spacial score (nSPS) is 19.6. The number of likely N-dealkylation sites (tertiary alicyclic amines) is 1. The maximum Gasteiger partial charge on any atom is 0.169 e. The number of hydrogen-bond donors (Lipinski definition) is 0. The van der Waals surface area contributed by atoms with Gasteiger partial charge in [0.15, 0.2) is 5.82 Å². The average Bonchev–Trinajstić information content (AvgIpc) is 3.12. The van der Waals surface area contributed by atoms with E-state index in [-0.39, 0.29) is 0 Å². The summed E-state index contributed by atoms with van der Waals surface area (Å²) in [4.78, 5) is 12.5. The lowest BCUT2D eigenvalue weighted by atomic mass is 10.1. The van der Waals surface area contributed by atoms with Crippen LogP contribution in [0, 0.1) is 5.92 Å². The highest BCUT2D eigenvalue weighted by atomic mass is 32.1. The summed E-state index contributed by atoms with van der Waals surface area (Å²) >= 11 is 1.67. The molecule has 1 aliphatic heterocycles. The second kappa shape index (κ2) is 6.43. The first kappa shape index (κ1) is 13.7. The van der Waals surface area contributed by atoms with Crippen LogP contribution in [0.3, 0.4) is 0 Å². The highest BCUT2D eigenvalue weighted by Crippen LogP contribution is 2.21. The van der Waals surface area contributed by atoms with Crippen LogP contribution in [-0.4, -0.2) is 41.7 Å². The van der Waals surface area contributed by atoms with Gasteiger partial charge < -0.3 is 4.74 Å². The highest BCUT2D eigenvalue weighted by molar-refractivity contribution is 7.13. The van der Waals surface area contributed by atoms with E-state index in [0.29, 0.717) is 5.92 Å². The summed E-state index contributed by atoms with van der Waals surface area (Å²) in [6, 6.07) is 4.08. The molecule has 0 aliphatic carbocycles. The summed E-state index contributed by atoms with van der Waals surface area (Å²) < 4.78 is 5.23. The predicted octanol–water partition coefficient (Wildman–Crippen LogP) is 2.67. The van der Waals surface area contributed by atoms with Crippen LogP contribution in [-0.2, 0) is 11.3 Å². The van der Waals surface area contributed by atoms with Gasteiger partial charge in [-0.2, -0.15) is 0 Å². The van der Waals surface area contributed by atoms with Crippen molar-refractivity contribution in [3.05, 3.63) is 35.5 Å². The lowest BCUT2D eigenvalue weighted by molar-refractivity contribution is 0.152. The number of methoxy groups -OCH3 is 1. The van der Waals surface area contributed by atoms with E-state index in [0.717, 1.165) is 36.9 Å². The zero-order valence-corrected chi connectivity index (χ0v) is 12.5. The van der Waals surface area contributed by atoms with Crippen molar-refractivity contribution in [1.29, 1.82) is 0 Å². The van der Waals surface area contributed by atoms with Crippen LogP contribution in [0.15, 0.2) is 29.9 Å². The quantitative estimate of drug-likeness (QED) is 0.848. The molecule has 2 aromatic heterocycles. The molecule has 5 heteroatoms. The van der Waals surface area contributed by atoms with E-state index in [9.17, 15) is 0 Å². The van der Waals surface area contributed by atoms with Gasteiger partial charge in [0, 0.05) is 38.2 Å². The smallest absolute Gasteiger partial charge is 0.169 e. The second-order valence-electron chi connectivity index (χ2n) is 5.24. The lowest BCUT2D eigenvalue weighted by Gasteiger charge is -2.15. The minimum Gasteiger partial charge on any atom is -0.384 e. The highest BCUT2D eigenvalue weighted by Gasteiger charge is 2.22. The summed E-state index contributed by atoms with van der Waals surface area (Å²) in [5, 5.41) is 2.05. The maximum absolute atomic E-state index is 5.23. The lowest BCUT2D eigenvalue weighted by Crippen LogP contribution is -2.21. The van der Waals surface area contributed by atoms with Crippen LogP contribution in [0.4, 0.5) is 0 Å². The Morgan fingerprint density at radius 3 is 2.95 bits per heavy atom. The molecule has 4 nitrogen and oxygen atoms in total. The molecular weight excluding hydrogens is 270 g/mol. The summed E-state index contributed by atoms with van der Waals surface area (Å²) in [7, 11) is 1.78. The Balaban J connectivity index is 1.59. The van der Waals surface area contributed by atoms with Gasteiger partial charge in [-0.1, -0.05) is 6.07 Å². The fourth-order valence-electron chi connectivity index (χ4n) is 2.66. The third kappa shape index (κ3) is 3.23. The van der Waals surface area contributed by atoms with Crippen LogP contribution in [0.25, 0.3) is 10.7 Å². The molecule has 1 fully saturated rings. The SMILES string of the molecule is COC[C@H]1CCN(Cc2cnc(-c3cccs3)nc2)C1. The van der Waals surface area contributed by atoms with E-state index in [4.69, 9.17) is 4.74 Å². The zero-order valence-electron chi connectivity index (χ0n) is 11.7. The molecule has 0 aromatic carbocycles. The summed E-state index contributed by atoms with van der Waals surface area (Å²) in [6.07, 6.45) is 5.12. The van der Waals surface area contributed by atoms with Crippen molar-refractivity contribution in [2.75, 3.05) is 26.8 Å². The number of ether oxygens (including phenoxy) is 1. The molecule has 106 valence electrons. The number of aromatic nitrogens is 2. The third-order valence-corrected chi connectivity index (χ3v) is 4.49. The van der Waals surface area contributed by atoms with Crippen molar-refractivity contribution in [3.8, 4) is 10.7 Å². The first-order valence-electron chi connectivity index (χ1n) is 6.91. The average molecular weight is 289 g/mol. The van der Waals surface area contributed by atoms with Gasteiger partial charge >= 0.3 is 0 Å². The molecule has 2 aromatic rings. The van der Waals surface area contributed by atoms with E-state index in [1.165, 1.54) is 12.0 Å². The van der Waals surface area contributed by atoms with Crippen molar-refractivity contribution in [2.45, 2.75) is 13.0 Å². The molecule has 1 saturated heterocycles. The van der Waals surface area contributed by atoms with Crippen molar-refractivity contribution in [1.82, 2.24) is 14.9 Å². The van der Waals surface area contributed by atoms with Gasteiger partial charge in [0.05, 0.1) is 11.5 Å². The molecule has 0 bridgehead atoms. The molecular formula is C15H19N3OS. The summed E-state index contributed by atoms with van der Waals surface area (Å²) in [6.45, 7) is 4.05.